The highest BCUT2D eigenvalue weighted by molar-refractivity contribution is 7.80. The lowest BCUT2D eigenvalue weighted by Gasteiger charge is -2.40. The fourth-order valence-corrected chi connectivity index (χ4v) is 3.21. The molecule has 2 aromatic rings. The number of thiocarbonyl (C=S) groups is 1. The molecule has 0 fully saturated rings. The lowest BCUT2D eigenvalue weighted by atomic mass is 9.81. The monoisotopic (exact) mass is 360 g/mol. The lowest BCUT2D eigenvalue weighted by Crippen LogP contribution is -2.43. The van der Waals surface area contributed by atoms with Gasteiger partial charge in [0.05, 0.1) is 6.42 Å². The Balaban J connectivity index is 2.21. The summed E-state index contributed by atoms with van der Waals surface area (Å²) in [5, 5.41) is 3.92. The van der Waals surface area contributed by atoms with E-state index in [0.29, 0.717) is 5.02 Å². The summed E-state index contributed by atoms with van der Waals surface area (Å²) in [7, 11) is 3.45. The van der Waals surface area contributed by atoms with Crippen molar-refractivity contribution in [3.05, 3.63) is 64.7 Å². The van der Waals surface area contributed by atoms with Gasteiger partial charge in [0.25, 0.3) is 5.17 Å². The Bertz CT molecular complexity index is 792. The summed E-state index contributed by atoms with van der Waals surface area (Å²) in [5.74, 6) is -0.0514. The zero-order valence-electron chi connectivity index (χ0n) is 13.4. The van der Waals surface area contributed by atoms with Crippen molar-refractivity contribution in [1.82, 2.24) is 4.90 Å². The third-order valence-corrected chi connectivity index (χ3v) is 4.51. The van der Waals surface area contributed by atoms with Gasteiger partial charge in [0.1, 0.15) is 0 Å². The van der Waals surface area contributed by atoms with Gasteiger partial charge < -0.3 is 15.0 Å². The van der Waals surface area contributed by atoms with Gasteiger partial charge in [-0.05, 0) is 30.4 Å². The minimum Gasteiger partial charge on any atom is -0.454 e. The summed E-state index contributed by atoms with van der Waals surface area (Å²) in [6.07, 6.45) is 0.139. The van der Waals surface area contributed by atoms with E-state index in [4.69, 9.17) is 28.6 Å². The van der Waals surface area contributed by atoms with Gasteiger partial charge in [-0.15, -0.1) is 0 Å². The van der Waals surface area contributed by atoms with Crippen LogP contribution in [0, 0.1) is 0 Å². The first kappa shape index (κ1) is 16.7. The highest BCUT2D eigenvalue weighted by atomic mass is 35.5. The number of nitrogens with zero attached hydrogens (tertiary/aromatic N) is 1. The van der Waals surface area contributed by atoms with E-state index in [2.05, 4.69) is 5.32 Å². The summed E-state index contributed by atoms with van der Waals surface area (Å²) in [5.41, 5.74) is 1.56. The number of hydrogen-bond acceptors (Lipinski definition) is 3. The van der Waals surface area contributed by atoms with Crippen molar-refractivity contribution in [1.29, 1.82) is 0 Å². The molecular weight excluding hydrogens is 344 g/mol. The van der Waals surface area contributed by atoms with Crippen molar-refractivity contribution in [2.24, 2.45) is 0 Å². The van der Waals surface area contributed by atoms with Crippen molar-refractivity contribution in [3.8, 4) is 0 Å². The van der Waals surface area contributed by atoms with E-state index >= 15 is 0 Å². The number of nitrogens with one attached hydrogen (secondary N) is 1. The summed E-state index contributed by atoms with van der Waals surface area (Å²) in [6.45, 7) is 0. The number of para-hydroxylation sites is 1. The first-order valence-electron chi connectivity index (χ1n) is 7.48. The molecule has 1 amide bonds. The average molecular weight is 361 g/mol. The third-order valence-electron chi connectivity index (χ3n) is 4.08. The van der Waals surface area contributed by atoms with Crippen molar-refractivity contribution in [2.45, 2.75) is 12.0 Å². The second-order valence-electron chi connectivity index (χ2n) is 5.86. The summed E-state index contributed by atoms with van der Waals surface area (Å²) in [4.78, 5) is 14.1. The molecule has 0 spiro atoms. The van der Waals surface area contributed by atoms with E-state index < -0.39 is 5.60 Å². The van der Waals surface area contributed by atoms with Gasteiger partial charge in [0.15, 0.2) is 5.60 Å². The fraction of sp³-hybridized carbons (Fsp3) is 0.222. The molecule has 124 valence electrons. The highest BCUT2D eigenvalue weighted by Gasteiger charge is 2.44. The fourth-order valence-electron chi connectivity index (χ4n) is 2.83. The minimum absolute atomic E-state index is 0.0514. The van der Waals surface area contributed by atoms with Gasteiger partial charge in [0.2, 0.25) is 5.91 Å². The maximum Gasteiger partial charge on any atom is 0.262 e. The van der Waals surface area contributed by atoms with E-state index in [-0.39, 0.29) is 17.5 Å². The topological polar surface area (TPSA) is 41.6 Å². The standard InChI is InChI=1S/C18H17ClN2O2S/c1-21(2)16(22)11-18(12-7-9-13(19)10-8-12)14-5-3-4-6-15(14)20-17(24)23-18/h3-10H,11H2,1-2H3,(H,20,24). The summed E-state index contributed by atoms with van der Waals surface area (Å²) >= 11 is 11.3. The van der Waals surface area contributed by atoms with Gasteiger partial charge in [-0.1, -0.05) is 41.9 Å². The molecule has 6 heteroatoms. The Morgan fingerprint density at radius 2 is 1.88 bits per heavy atom. The molecule has 0 aromatic heterocycles. The van der Waals surface area contributed by atoms with Gasteiger partial charge in [-0.25, -0.2) is 0 Å². The molecule has 2 aromatic carbocycles. The van der Waals surface area contributed by atoms with Crippen LogP contribution in [-0.4, -0.2) is 30.1 Å². The van der Waals surface area contributed by atoms with Crippen molar-refractivity contribution in [3.63, 3.8) is 0 Å². The molecule has 1 aliphatic rings. The molecule has 4 nitrogen and oxygen atoms in total. The maximum atomic E-state index is 12.5. The number of hydrogen-bond donors (Lipinski definition) is 1. The Morgan fingerprint density at radius 1 is 1.21 bits per heavy atom. The molecule has 1 atom stereocenters. The molecule has 24 heavy (non-hydrogen) atoms. The van der Waals surface area contributed by atoms with Crippen LogP contribution in [0.2, 0.25) is 5.02 Å². The first-order valence-corrected chi connectivity index (χ1v) is 8.27. The number of benzene rings is 2. The average Bonchev–Trinajstić information content (AvgIpc) is 2.55. The zero-order chi connectivity index (χ0) is 17.3. The molecule has 0 saturated heterocycles. The molecule has 1 unspecified atom stereocenters. The molecule has 1 aliphatic heterocycles. The van der Waals surface area contributed by atoms with Gasteiger partial charge >= 0.3 is 0 Å². The van der Waals surface area contributed by atoms with E-state index in [9.17, 15) is 4.79 Å². The molecular formula is C18H17ClN2O2S. The predicted octanol–water partition coefficient (Wildman–Crippen LogP) is 3.79. The Kier molecular flexibility index (Phi) is 4.47. The number of anilines is 1. The van der Waals surface area contributed by atoms with Crippen LogP contribution < -0.4 is 5.32 Å². The lowest BCUT2D eigenvalue weighted by molar-refractivity contribution is -0.132. The van der Waals surface area contributed by atoms with Crippen molar-refractivity contribution >= 4 is 40.6 Å². The minimum atomic E-state index is -0.981. The van der Waals surface area contributed by atoms with E-state index in [1.165, 1.54) is 0 Å². The second-order valence-corrected chi connectivity index (χ2v) is 6.67. The molecule has 0 saturated carbocycles. The Hall–Kier alpha value is -2.11. The molecule has 0 radical (unpaired) electrons. The van der Waals surface area contributed by atoms with Crippen LogP contribution in [0.5, 0.6) is 0 Å². The van der Waals surface area contributed by atoms with Crippen LogP contribution in [0.25, 0.3) is 0 Å². The predicted molar refractivity (Wildman–Crippen MR) is 99.3 cm³/mol. The SMILES string of the molecule is CN(C)C(=O)CC1(c2ccc(Cl)cc2)OC(=S)Nc2ccccc21. The largest absolute Gasteiger partial charge is 0.454 e. The van der Waals surface area contributed by atoms with Gasteiger partial charge in [-0.2, -0.15) is 0 Å². The van der Waals surface area contributed by atoms with Crippen LogP contribution in [0.15, 0.2) is 48.5 Å². The van der Waals surface area contributed by atoms with Gasteiger partial charge in [0, 0.05) is 35.9 Å². The van der Waals surface area contributed by atoms with Crippen LogP contribution >= 0.6 is 23.8 Å². The quantitative estimate of drug-likeness (QED) is 0.845. The van der Waals surface area contributed by atoms with Crippen LogP contribution in [0.1, 0.15) is 17.5 Å². The normalized spacial score (nSPS) is 19.0. The van der Waals surface area contributed by atoms with Crippen LogP contribution in [-0.2, 0) is 15.1 Å². The van der Waals surface area contributed by atoms with Gasteiger partial charge in [-0.3, -0.25) is 4.79 Å². The van der Waals surface area contributed by atoms with E-state index in [1.54, 1.807) is 31.1 Å². The second kappa shape index (κ2) is 6.42. The third kappa shape index (κ3) is 2.97. The highest BCUT2D eigenvalue weighted by Crippen LogP contribution is 2.44. The number of rotatable bonds is 3. The molecule has 1 N–H and O–H groups in total. The Labute approximate surface area is 151 Å². The van der Waals surface area contributed by atoms with E-state index in [1.807, 2.05) is 36.4 Å². The summed E-state index contributed by atoms with van der Waals surface area (Å²) < 4.78 is 6.08. The molecule has 0 aliphatic carbocycles. The number of carbonyl (C=O) groups excluding carboxylic acids is 1. The number of halogens is 1. The number of carbonyl (C=O) groups is 1. The smallest absolute Gasteiger partial charge is 0.262 e. The summed E-state index contributed by atoms with van der Waals surface area (Å²) in [6, 6.07) is 15.0. The molecule has 0 bridgehead atoms. The number of amides is 1. The zero-order valence-corrected chi connectivity index (χ0v) is 14.9. The molecule has 3 rings (SSSR count). The van der Waals surface area contributed by atoms with Crippen molar-refractivity contribution in [2.75, 3.05) is 19.4 Å². The van der Waals surface area contributed by atoms with Crippen LogP contribution in [0.4, 0.5) is 5.69 Å². The van der Waals surface area contributed by atoms with E-state index in [0.717, 1.165) is 16.8 Å². The number of fused-ring (bicyclic) bond motifs is 1. The van der Waals surface area contributed by atoms with Crippen molar-refractivity contribution < 1.29 is 9.53 Å². The Morgan fingerprint density at radius 3 is 2.54 bits per heavy atom. The van der Waals surface area contributed by atoms with Crippen LogP contribution in [0.3, 0.4) is 0 Å². The maximum absolute atomic E-state index is 12.5. The molecule has 1 heterocycles. The number of ether oxygens (including phenoxy) is 1. The first-order chi connectivity index (χ1) is 11.4.